The Morgan fingerprint density at radius 2 is 1.88 bits per heavy atom. The number of benzene rings is 1. The molecule has 4 heteroatoms. The lowest BCUT2D eigenvalue weighted by Crippen LogP contribution is -2.40. The average Bonchev–Trinajstić information content (AvgIpc) is 2.39. The van der Waals surface area contributed by atoms with Crippen molar-refractivity contribution in [3.63, 3.8) is 0 Å². The van der Waals surface area contributed by atoms with Crippen molar-refractivity contribution in [3.8, 4) is 0 Å². The second kappa shape index (κ2) is 6.91. The highest BCUT2D eigenvalue weighted by Gasteiger charge is 2.10. The van der Waals surface area contributed by atoms with Gasteiger partial charge in [-0.05, 0) is 24.0 Å². The number of amidine groups is 1. The average molecular weight is 235 g/mol. The summed E-state index contributed by atoms with van der Waals surface area (Å²) in [5, 5.41) is 14.9. The first-order valence-corrected chi connectivity index (χ1v) is 5.99. The van der Waals surface area contributed by atoms with Crippen molar-refractivity contribution >= 4 is 5.84 Å². The fourth-order valence-electron chi connectivity index (χ4n) is 1.66. The Morgan fingerprint density at radius 1 is 1.29 bits per heavy atom. The Labute approximate surface area is 103 Å². The van der Waals surface area contributed by atoms with Crippen molar-refractivity contribution in [2.45, 2.75) is 39.3 Å². The van der Waals surface area contributed by atoms with Crippen molar-refractivity contribution in [1.82, 2.24) is 5.32 Å². The van der Waals surface area contributed by atoms with E-state index in [1.54, 1.807) is 0 Å². The summed E-state index contributed by atoms with van der Waals surface area (Å²) < 4.78 is 0. The first-order chi connectivity index (χ1) is 8.21. The van der Waals surface area contributed by atoms with E-state index in [2.05, 4.69) is 41.7 Å². The third-order valence-electron chi connectivity index (χ3n) is 2.86. The van der Waals surface area contributed by atoms with Gasteiger partial charge in [-0.25, -0.2) is 0 Å². The van der Waals surface area contributed by atoms with Crippen LogP contribution >= 0.6 is 0 Å². The fourth-order valence-corrected chi connectivity index (χ4v) is 1.66. The van der Waals surface area contributed by atoms with Crippen LogP contribution in [0.5, 0.6) is 0 Å². The summed E-state index contributed by atoms with van der Waals surface area (Å²) in [4.78, 5) is 0. The van der Waals surface area contributed by atoms with Crippen LogP contribution in [0.2, 0.25) is 0 Å². The van der Waals surface area contributed by atoms with Crippen LogP contribution in [0, 0.1) is 0 Å². The largest absolute Gasteiger partial charge is 0.409 e. The standard InChI is InChI=1S/C13H21N3O/c1-3-10-5-7-11(8-6-10)9-15-12(4-2)13(14)16-17/h5-8,12,15,17H,3-4,9H2,1-2H3,(H2,14,16). The molecule has 0 spiro atoms. The molecule has 0 saturated carbocycles. The van der Waals surface area contributed by atoms with Gasteiger partial charge in [0, 0.05) is 6.54 Å². The first-order valence-electron chi connectivity index (χ1n) is 5.99. The first kappa shape index (κ1) is 13.5. The topological polar surface area (TPSA) is 70.6 Å². The quantitative estimate of drug-likeness (QED) is 0.305. The molecule has 0 radical (unpaired) electrons. The van der Waals surface area contributed by atoms with E-state index < -0.39 is 0 Å². The zero-order valence-electron chi connectivity index (χ0n) is 10.5. The summed E-state index contributed by atoms with van der Waals surface area (Å²) in [6.45, 7) is 4.85. The maximum absolute atomic E-state index is 8.62. The Hall–Kier alpha value is -1.55. The minimum absolute atomic E-state index is 0.0779. The van der Waals surface area contributed by atoms with Crippen LogP contribution in [0.25, 0.3) is 0 Å². The van der Waals surface area contributed by atoms with Crippen LogP contribution in [-0.4, -0.2) is 17.1 Å². The van der Waals surface area contributed by atoms with Crippen molar-refractivity contribution in [1.29, 1.82) is 0 Å². The van der Waals surface area contributed by atoms with E-state index in [0.29, 0.717) is 0 Å². The summed E-state index contributed by atoms with van der Waals surface area (Å²) in [5.41, 5.74) is 8.11. The summed E-state index contributed by atoms with van der Waals surface area (Å²) in [5.74, 6) is 0.234. The molecule has 17 heavy (non-hydrogen) atoms. The molecule has 0 saturated heterocycles. The molecule has 0 aliphatic rings. The highest BCUT2D eigenvalue weighted by molar-refractivity contribution is 5.85. The minimum atomic E-state index is -0.0779. The van der Waals surface area contributed by atoms with Crippen LogP contribution in [0.3, 0.4) is 0 Å². The molecule has 1 unspecified atom stereocenters. The van der Waals surface area contributed by atoms with E-state index in [4.69, 9.17) is 10.9 Å². The maximum Gasteiger partial charge on any atom is 0.156 e. The lowest BCUT2D eigenvalue weighted by atomic mass is 10.1. The van der Waals surface area contributed by atoms with Gasteiger partial charge in [0.15, 0.2) is 5.84 Å². The number of aryl methyl sites for hydroxylation is 1. The van der Waals surface area contributed by atoms with Gasteiger partial charge in [0.25, 0.3) is 0 Å². The monoisotopic (exact) mass is 235 g/mol. The minimum Gasteiger partial charge on any atom is -0.409 e. The van der Waals surface area contributed by atoms with Crippen molar-refractivity contribution in [2.24, 2.45) is 10.9 Å². The molecular weight excluding hydrogens is 214 g/mol. The summed E-state index contributed by atoms with van der Waals surface area (Å²) in [7, 11) is 0. The molecule has 0 aromatic heterocycles. The van der Waals surface area contributed by atoms with E-state index in [-0.39, 0.29) is 11.9 Å². The fraction of sp³-hybridized carbons (Fsp3) is 0.462. The molecule has 4 N–H and O–H groups in total. The molecule has 0 aliphatic carbocycles. The molecule has 4 nitrogen and oxygen atoms in total. The van der Waals surface area contributed by atoms with E-state index >= 15 is 0 Å². The summed E-state index contributed by atoms with van der Waals surface area (Å²) in [6, 6.07) is 8.38. The van der Waals surface area contributed by atoms with Gasteiger partial charge in [-0.3, -0.25) is 0 Å². The number of nitrogens with zero attached hydrogens (tertiary/aromatic N) is 1. The molecule has 0 fully saturated rings. The van der Waals surface area contributed by atoms with Gasteiger partial charge in [0.1, 0.15) is 0 Å². The SMILES string of the molecule is CCc1ccc(CNC(CC)/C(N)=N/O)cc1. The molecule has 1 atom stereocenters. The van der Waals surface area contributed by atoms with Crippen LogP contribution in [0.4, 0.5) is 0 Å². The van der Waals surface area contributed by atoms with Crippen LogP contribution in [0.15, 0.2) is 29.4 Å². The number of nitrogens with two attached hydrogens (primary N) is 1. The Kier molecular flexibility index (Phi) is 5.49. The molecule has 0 bridgehead atoms. The zero-order valence-corrected chi connectivity index (χ0v) is 10.5. The molecule has 0 aliphatic heterocycles. The molecule has 1 aromatic carbocycles. The third kappa shape index (κ3) is 4.07. The molecule has 0 amide bonds. The Balaban J connectivity index is 2.53. The number of nitrogens with one attached hydrogen (secondary N) is 1. The smallest absolute Gasteiger partial charge is 0.156 e. The van der Waals surface area contributed by atoms with Crippen molar-refractivity contribution in [3.05, 3.63) is 35.4 Å². The van der Waals surface area contributed by atoms with Gasteiger partial charge < -0.3 is 16.3 Å². The molecule has 94 valence electrons. The Morgan fingerprint density at radius 3 is 2.35 bits per heavy atom. The van der Waals surface area contributed by atoms with Crippen molar-refractivity contribution < 1.29 is 5.21 Å². The normalized spacial score (nSPS) is 13.6. The van der Waals surface area contributed by atoms with E-state index in [1.165, 1.54) is 11.1 Å². The lowest BCUT2D eigenvalue weighted by molar-refractivity contribution is 0.314. The lowest BCUT2D eigenvalue weighted by Gasteiger charge is -2.15. The maximum atomic E-state index is 8.62. The second-order valence-electron chi connectivity index (χ2n) is 4.04. The molecule has 1 aromatic rings. The number of hydrogen-bond donors (Lipinski definition) is 3. The predicted molar refractivity (Wildman–Crippen MR) is 70.1 cm³/mol. The zero-order chi connectivity index (χ0) is 12.7. The van der Waals surface area contributed by atoms with Gasteiger partial charge in [-0.1, -0.05) is 43.3 Å². The molecular formula is C13H21N3O. The van der Waals surface area contributed by atoms with E-state index in [0.717, 1.165) is 19.4 Å². The van der Waals surface area contributed by atoms with Gasteiger partial charge in [-0.2, -0.15) is 0 Å². The van der Waals surface area contributed by atoms with Gasteiger partial charge in [0.05, 0.1) is 6.04 Å². The Bertz CT molecular complexity index is 359. The third-order valence-corrected chi connectivity index (χ3v) is 2.86. The second-order valence-corrected chi connectivity index (χ2v) is 4.04. The van der Waals surface area contributed by atoms with Crippen LogP contribution in [0.1, 0.15) is 31.4 Å². The molecule has 0 heterocycles. The highest BCUT2D eigenvalue weighted by atomic mass is 16.4. The molecule has 1 rings (SSSR count). The van der Waals surface area contributed by atoms with Gasteiger partial charge >= 0.3 is 0 Å². The summed E-state index contributed by atoms with van der Waals surface area (Å²) in [6.07, 6.45) is 1.85. The number of rotatable bonds is 6. The van der Waals surface area contributed by atoms with E-state index in [9.17, 15) is 0 Å². The van der Waals surface area contributed by atoms with Crippen molar-refractivity contribution in [2.75, 3.05) is 0 Å². The van der Waals surface area contributed by atoms with Gasteiger partial charge in [0.2, 0.25) is 0 Å². The predicted octanol–water partition coefficient (Wildman–Crippen LogP) is 1.86. The van der Waals surface area contributed by atoms with Gasteiger partial charge in [-0.15, -0.1) is 0 Å². The summed E-state index contributed by atoms with van der Waals surface area (Å²) >= 11 is 0. The van der Waals surface area contributed by atoms with Crippen LogP contribution < -0.4 is 11.1 Å². The number of hydrogen-bond acceptors (Lipinski definition) is 3. The highest BCUT2D eigenvalue weighted by Crippen LogP contribution is 2.05. The van der Waals surface area contributed by atoms with Crippen LogP contribution in [-0.2, 0) is 13.0 Å². The number of oxime groups is 1. The van der Waals surface area contributed by atoms with E-state index in [1.807, 2.05) is 6.92 Å².